The molecule has 4 nitrogen and oxygen atoms in total. The quantitative estimate of drug-likeness (QED) is 0.687. The molecule has 1 heterocycles. The molecule has 2 aromatic carbocycles. The second-order valence-electron chi connectivity index (χ2n) is 4.86. The van der Waals surface area contributed by atoms with E-state index in [-0.39, 0.29) is 6.42 Å². The van der Waals surface area contributed by atoms with Gasteiger partial charge in [0.2, 0.25) is 0 Å². The zero-order valence-corrected chi connectivity index (χ0v) is 11.5. The second-order valence-corrected chi connectivity index (χ2v) is 4.86. The Hall–Kier alpha value is -2.80. The molecule has 0 saturated carbocycles. The lowest BCUT2D eigenvalue weighted by Crippen LogP contribution is -2.14. The Kier molecular flexibility index (Phi) is 3.33. The van der Waals surface area contributed by atoms with Crippen LogP contribution in [0, 0.1) is 11.3 Å². The summed E-state index contributed by atoms with van der Waals surface area (Å²) in [7, 11) is 0. The fourth-order valence-electron chi connectivity index (χ4n) is 2.43. The molecule has 1 aromatic heterocycles. The Labute approximate surface area is 121 Å². The number of esters is 1. The van der Waals surface area contributed by atoms with Gasteiger partial charge in [0.15, 0.2) is 6.10 Å². The highest BCUT2D eigenvalue weighted by atomic mass is 16.5. The first kappa shape index (κ1) is 13.2. The largest absolute Gasteiger partial charge is 0.464 e. The van der Waals surface area contributed by atoms with Gasteiger partial charge in [-0.05, 0) is 23.8 Å². The van der Waals surface area contributed by atoms with Crippen LogP contribution >= 0.6 is 0 Å². The summed E-state index contributed by atoms with van der Waals surface area (Å²) in [5.41, 5.74) is 1.52. The van der Waals surface area contributed by atoms with Gasteiger partial charge in [0.1, 0.15) is 11.7 Å². The highest BCUT2D eigenvalue weighted by molar-refractivity contribution is 6.08. The van der Waals surface area contributed by atoms with E-state index in [0.29, 0.717) is 0 Å². The fraction of sp³-hybridized carbons (Fsp3) is 0.176. The molecular formula is C17H13NO3. The molecule has 0 saturated heterocycles. The highest BCUT2D eigenvalue weighted by Crippen LogP contribution is 2.30. The third-order valence-corrected chi connectivity index (χ3v) is 3.36. The number of benzene rings is 2. The second kappa shape index (κ2) is 5.29. The van der Waals surface area contributed by atoms with Crippen LogP contribution in [-0.4, -0.2) is 12.1 Å². The molecule has 0 spiro atoms. The van der Waals surface area contributed by atoms with Crippen LogP contribution in [0.5, 0.6) is 0 Å². The van der Waals surface area contributed by atoms with Gasteiger partial charge < -0.3 is 9.15 Å². The van der Waals surface area contributed by atoms with Gasteiger partial charge in [0.25, 0.3) is 0 Å². The van der Waals surface area contributed by atoms with E-state index in [9.17, 15) is 4.79 Å². The van der Waals surface area contributed by atoms with Crippen molar-refractivity contribution in [2.75, 3.05) is 0 Å². The fourth-order valence-corrected chi connectivity index (χ4v) is 2.43. The molecule has 3 rings (SSSR count). The molecule has 21 heavy (non-hydrogen) atoms. The van der Waals surface area contributed by atoms with Crippen molar-refractivity contribution in [1.82, 2.24) is 0 Å². The van der Waals surface area contributed by atoms with Gasteiger partial charge in [0.05, 0.1) is 12.7 Å². The maximum atomic E-state index is 11.8. The first-order valence-electron chi connectivity index (χ1n) is 6.66. The van der Waals surface area contributed by atoms with Crippen molar-refractivity contribution in [2.24, 2.45) is 0 Å². The highest BCUT2D eigenvalue weighted by Gasteiger charge is 2.15. The Morgan fingerprint density at radius 2 is 2.14 bits per heavy atom. The zero-order chi connectivity index (χ0) is 14.8. The van der Waals surface area contributed by atoms with Crippen LogP contribution in [0.15, 0.2) is 47.1 Å². The molecule has 0 fully saturated rings. The number of hydrogen-bond acceptors (Lipinski definition) is 4. The molecule has 0 bridgehead atoms. The number of fused-ring (bicyclic) bond motifs is 3. The van der Waals surface area contributed by atoms with Crippen LogP contribution in [-0.2, 0) is 16.0 Å². The van der Waals surface area contributed by atoms with Gasteiger partial charge in [0, 0.05) is 10.9 Å². The lowest BCUT2D eigenvalue weighted by atomic mass is 10.0. The zero-order valence-electron chi connectivity index (χ0n) is 11.5. The van der Waals surface area contributed by atoms with Gasteiger partial charge in [-0.2, -0.15) is 5.26 Å². The molecule has 4 heteroatoms. The van der Waals surface area contributed by atoms with Crippen molar-refractivity contribution in [3.63, 3.8) is 0 Å². The number of ether oxygens (including phenoxy) is 1. The van der Waals surface area contributed by atoms with Crippen molar-refractivity contribution in [2.45, 2.75) is 19.4 Å². The van der Waals surface area contributed by atoms with Crippen molar-refractivity contribution in [3.8, 4) is 6.07 Å². The molecule has 0 aliphatic carbocycles. The predicted molar refractivity (Wildman–Crippen MR) is 78.6 cm³/mol. The summed E-state index contributed by atoms with van der Waals surface area (Å²) >= 11 is 0. The molecule has 0 amide bonds. The van der Waals surface area contributed by atoms with E-state index in [1.54, 1.807) is 13.2 Å². The molecular weight excluding hydrogens is 266 g/mol. The lowest BCUT2D eigenvalue weighted by molar-refractivity contribution is -0.145. The summed E-state index contributed by atoms with van der Waals surface area (Å²) in [6.45, 7) is 1.54. The molecule has 104 valence electrons. The van der Waals surface area contributed by atoms with Gasteiger partial charge in [-0.15, -0.1) is 0 Å². The van der Waals surface area contributed by atoms with Crippen LogP contribution in [0.2, 0.25) is 0 Å². The first-order chi connectivity index (χ1) is 10.2. The number of carbonyl (C=O) groups is 1. The van der Waals surface area contributed by atoms with Crippen molar-refractivity contribution in [1.29, 1.82) is 5.26 Å². The number of furan rings is 1. The Balaban J connectivity index is 2.02. The summed E-state index contributed by atoms with van der Waals surface area (Å²) < 4.78 is 10.5. The summed E-state index contributed by atoms with van der Waals surface area (Å²) in [5, 5.41) is 11.7. The number of hydrogen-bond donors (Lipinski definition) is 0. The smallest absolute Gasteiger partial charge is 0.311 e. The van der Waals surface area contributed by atoms with E-state index in [1.165, 1.54) is 0 Å². The summed E-state index contributed by atoms with van der Waals surface area (Å²) in [4.78, 5) is 11.8. The average Bonchev–Trinajstić information content (AvgIpc) is 2.90. The SMILES string of the molecule is C[C@@H](C#N)OC(=O)Cc1coc2ccc3ccccc3c12. The topological polar surface area (TPSA) is 63.2 Å². The van der Waals surface area contributed by atoms with Crippen LogP contribution in [0.1, 0.15) is 12.5 Å². The van der Waals surface area contributed by atoms with E-state index < -0.39 is 12.1 Å². The van der Waals surface area contributed by atoms with E-state index in [1.807, 2.05) is 42.5 Å². The van der Waals surface area contributed by atoms with Gasteiger partial charge in [-0.1, -0.05) is 30.3 Å². The van der Waals surface area contributed by atoms with Crippen LogP contribution in [0.3, 0.4) is 0 Å². The molecule has 0 N–H and O–H groups in total. The van der Waals surface area contributed by atoms with Gasteiger partial charge >= 0.3 is 5.97 Å². The van der Waals surface area contributed by atoms with Crippen LogP contribution in [0.25, 0.3) is 21.7 Å². The van der Waals surface area contributed by atoms with E-state index in [2.05, 4.69) is 0 Å². The number of carbonyl (C=O) groups excluding carboxylic acids is 1. The minimum atomic E-state index is -0.743. The van der Waals surface area contributed by atoms with E-state index in [4.69, 9.17) is 14.4 Å². The molecule has 0 radical (unpaired) electrons. The number of nitriles is 1. The monoisotopic (exact) mass is 279 g/mol. The maximum Gasteiger partial charge on any atom is 0.311 e. The van der Waals surface area contributed by atoms with Crippen molar-refractivity contribution >= 4 is 27.7 Å². The standard InChI is InChI=1S/C17H13NO3/c1-11(9-18)21-16(19)8-13-10-20-15-7-6-12-4-2-3-5-14(12)17(13)15/h2-7,10-11H,8H2,1H3/t11-/m0/s1. The molecule has 0 unspecified atom stereocenters. The third-order valence-electron chi connectivity index (χ3n) is 3.36. The molecule has 0 aliphatic rings. The predicted octanol–water partition coefficient (Wildman–Crippen LogP) is 3.58. The minimum Gasteiger partial charge on any atom is -0.464 e. The maximum absolute atomic E-state index is 11.8. The number of rotatable bonds is 3. The van der Waals surface area contributed by atoms with Crippen LogP contribution < -0.4 is 0 Å². The Bertz CT molecular complexity index is 857. The Morgan fingerprint density at radius 1 is 1.33 bits per heavy atom. The van der Waals surface area contributed by atoms with Gasteiger partial charge in [-0.3, -0.25) is 4.79 Å². The lowest BCUT2D eigenvalue weighted by Gasteiger charge is -2.05. The molecule has 1 atom stereocenters. The van der Waals surface area contributed by atoms with E-state index in [0.717, 1.165) is 27.3 Å². The summed E-state index contributed by atoms with van der Waals surface area (Å²) in [5.74, 6) is -0.431. The number of nitrogens with zero attached hydrogens (tertiary/aromatic N) is 1. The van der Waals surface area contributed by atoms with Crippen molar-refractivity contribution in [3.05, 3.63) is 48.2 Å². The summed E-state index contributed by atoms with van der Waals surface area (Å²) in [6.07, 6.45) is 0.926. The summed E-state index contributed by atoms with van der Waals surface area (Å²) in [6, 6.07) is 13.7. The first-order valence-corrected chi connectivity index (χ1v) is 6.66. The van der Waals surface area contributed by atoms with Crippen LogP contribution in [0.4, 0.5) is 0 Å². The molecule has 0 aliphatic heterocycles. The normalized spacial score (nSPS) is 12.2. The molecule has 3 aromatic rings. The average molecular weight is 279 g/mol. The van der Waals surface area contributed by atoms with Gasteiger partial charge in [-0.25, -0.2) is 0 Å². The minimum absolute atomic E-state index is 0.0903. The van der Waals surface area contributed by atoms with E-state index >= 15 is 0 Å². The Morgan fingerprint density at radius 3 is 2.95 bits per heavy atom. The van der Waals surface area contributed by atoms with Crippen molar-refractivity contribution < 1.29 is 13.9 Å². The third kappa shape index (κ3) is 2.46.